The quantitative estimate of drug-likeness (QED) is 0.657. The van der Waals surface area contributed by atoms with Crippen LogP contribution in [-0.2, 0) is 6.42 Å². The van der Waals surface area contributed by atoms with Crippen molar-refractivity contribution < 1.29 is 4.79 Å². The summed E-state index contributed by atoms with van der Waals surface area (Å²) in [5, 5.41) is 2.68. The Kier molecular flexibility index (Phi) is 5.46. The van der Waals surface area contributed by atoms with E-state index in [0.717, 1.165) is 9.99 Å². The molecule has 1 heterocycles. The van der Waals surface area contributed by atoms with E-state index in [0.29, 0.717) is 10.6 Å². The molecule has 0 saturated heterocycles. The molecule has 0 aliphatic carbocycles. The first kappa shape index (κ1) is 15.8. The number of nitrogens with zero attached hydrogens (tertiary/aromatic N) is 1. The van der Waals surface area contributed by atoms with E-state index in [1.165, 1.54) is 4.88 Å². The van der Waals surface area contributed by atoms with Crippen LogP contribution in [-0.4, -0.2) is 23.9 Å². The molecule has 0 aliphatic heterocycles. The lowest BCUT2D eigenvalue weighted by molar-refractivity contribution is 0.0744. The van der Waals surface area contributed by atoms with Crippen molar-refractivity contribution in [2.45, 2.75) is 19.4 Å². The number of amides is 1. The molecule has 1 unspecified atom stereocenters. The highest BCUT2D eigenvalue weighted by atomic mass is 127. The van der Waals surface area contributed by atoms with Gasteiger partial charge in [0, 0.05) is 33.5 Å². The summed E-state index contributed by atoms with van der Waals surface area (Å²) >= 11 is 9.96. The van der Waals surface area contributed by atoms with Gasteiger partial charge in [-0.2, -0.15) is 0 Å². The molecule has 5 heteroatoms. The molecule has 2 aromatic rings. The molecule has 20 heavy (non-hydrogen) atoms. The molecule has 0 spiro atoms. The van der Waals surface area contributed by atoms with E-state index in [2.05, 4.69) is 41.0 Å². The molecule has 1 aromatic carbocycles. The third kappa shape index (κ3) is 3.74. The van der Waals surface area contributed by atoms with E-state index >= 15 is 0 Å². The van der Waals surface area contributed by atoms with Gasteiger partial charge in [-0.05, 0) is 59.2 Å². The van der Waals surface area contributed by atoms with Crippen LogP contribution in [0, 0.1) is 3.57 Å². The number of thiophene rings is 1. The Morgan fingerprint density at radius 3 is 2.80 bits per heavy atom. The Bertz CT molecular complexity index is 600. The van der Waals surface area contributed by atoms with Gasteiger partial charge in [0.15, 0.2) is 0 Å². The van der Waals surface area contributed by atoms with Crippen molar-refractivity contribution in [2.75, 3.05) is 7.05 Å². The summed E-state index contributed by atoms with van der Waals surface area (Å²) in [7, 11) is 1.84. The highest BCUT2D eigenvalue weighted by Crippen LogP contribution is 2.21. The second-order valence-electron chi connectivity index (χ2n) is 4.68. The second kappa shape index (κ2) is 6.91. The number of hydrogen-bond donors (Lipinski definition) is 0. The number of likely N-dealkylation sites (N-methyl/N-ethyl adjacent to an activating group) is 1. The van der Waals surface area contributed by atoms with Gasteiger partial charge in [0.05, 0.1) is 5.02 Å². The van der Waals surface area contributed by atoms with Crippen LogP contribution in [0.5, 0.6) is 0 Å². The zero-order valence-electron chi connectivity index (χ0n) is 11.3. The maximum atomic E-state index is 12.4. The molecule has 0 saturated carbocycles. The maximum Gasteiger partial charge on any atom is 0.253 e. The molecule has 0 aliphatic rings. The SMILES string of the molecule is CC(Cc1cccs1)N(C)C(=O)c1ccc(I)c(Cl)c1. The third-order valence-corrected chi connectivity index (χ3v) is 5.70. The van der Waals surface area contributed by atoms with Gasteiger partial charge in [-0.25, -0.2) is 0 Å². The van der Waals surface area contributed by atoms with Gasteiger partial charge in [0.2, 0.25) is 0 Å². The van der Waals surface area contributed by atoms with Crippen molar-refractivity contribution in [3.05, 3.63) is 54.7 Å². The third-order valence-electron chi connectivity index (χ3n) is 3.22. The van der Waals surface area contributed by atoms with E-state index in [1.54, 1.807) is 22.3 Å². The maximum absolute atomic E-state index is 12.4. The summed E-state index contributed by atoms with van der Waals surface area (Å²) in [4.78, 5) is 15.5. The van der Waals surface area contributed by atoms with Crippen LogP contribution >= 0.6 is 45.5 Å². The predicted octanol–water partition coefficient (Wildman–Crippen LogP) is 4.71. The van der Waals surface area contributed by atoms with Gasteiger partial charge >= 0.3 is 0 Å². The van der Waals surface area contributed by atoms with E-state index in [1.807, 2.05) is 25.2 Å². The van der Waals surface area contributed by atoms with E-state index in [4.69, 9.17) is 11.6 Å². The second-order valence-corrected chi connectivity index (χ2v) is 7.28. The molecule has 1 aromatic heterocycles. The van der Waals surface area contributed by atoms with Gasteiger partial charge in [0.25, 0.3) is 5.91 Å². The van der Waals surface area contributed by atoms with Crippen molar-refractivity contribution in [3.8, 4) is 0 Å². The monoisotopic (exact) mass is 419 g/mol. The summed E-state index contributed by atoms with van der Waals surface area (Å²) in [5.41, 5.74) is 0.635. The Balaban J connectivity index is 2.09. The molecule has 0 bridgehead atoms. The van der Waals surface area contributed by atoms with E-state index in [-0.39, 0.29) is 11.9 Å². The standard InChI is InChI=1S/C15H15ClINOS/c1-10(8-12-4-3-7-20-12)18(2)15(19)11-5-6-14(17)13(16)9-11/h3-7,9-10H,8H2,1-2H3. The van der Waals surface area contributed by atoms with Crippen molar-refractivity contribution >= 4 is 51.4 Å². The Morgan fingerprint density at radius 1 is 1.45 bits per heavy atom. The highest BCUT2D eigenvalue weighted by molar-refractivity contribution is 14.1. The summed E-state index contributed by atoms with van der Waals surface area (Å²) in [6, 6.07) is 9.71. The molecule has 2 rings (SSSR count). The Hall–Kier alpha value is -0.590. The van der Waals surface area contributed by atoms with Gasteiger partial charge in [-0.1, -0.05) is 17.7 Å². The Morgan fingerprint density at radius 2 is 2.20 bits per heavy atom. The minimum Gasteiger partial charge on any atom is -0.339 e. The van der Waals surface area contributed by atoms with Crippen LogP contribution < -0.4 is 0 Å². The number of hydrogen-bond acceptors (Lipinski definition) is 2. The van der Waals surface area contributed by atoms with E-state index in [9.17, 15) is 4.79 Å². The normalized spacial score (nSPS) is 12.2. The smallest absolute Gasteiger partial charge is 0.253 e. The van der Waals surface area contributed by atoms with Crippen molar-refractivity contribution in [1.29, 1.82) is 0 Å². The lowest BCUT2D eigenvalue weighted by Gasteiger charge is -2.25. The van der Waals surface area contributed by atoms with Crippen LogP contribution in [0.3, 0.4) is 0 Å². The van der Waals surface area contributed by atoms with Crippen LogP contribution in [0.15, 0.2) is 35.7 Å². The molecule has 0 radical (unpaired) electrons. The van der Waals surface area contributed by atoms with Crippen LogP contribution in [0.4, 0.5) is 0 Å². The minimum absolute atomic E-state index is 0.00681. The Labute approximate surface area is 141 Å². The van der Waals surface area contributed by atoms with Gasteiger partial charge in [-0.3, -0.25) is 4.79 Å². The zero-order chi connectivity index (χ0) is 14.7. The molecule has 1 amide bonds. The fourth-order valence-corrected chi connectivity index (χ4v) is 3.23. The average molecular weight is 420 g/mol. The predicted molar refractivity (Wildman–Crippen MR) is 93.7 cm³/mol. The fraction of sp³-hybridized carbons (Fsp3) is 0.267. The summed E-state index contributed by atoms with van der Waals surface area (Å²) < 4.78 is 0.954. The summed E-state index contributed by atoms with van der Waals surface area (Å²) in [6.45, 7) is 2.06. The van der Waals surface area contributed by atoms with Crippen molar-refractivity contribution in [3.63, 3.8) is 0 Å². The largest absolute Gasteiger partial charge is 0.339 e. The minimum atomic E-state index is 0.00681. The van der Waals surface area contributed by atoms with Gasteiger partial charge in [-0.15, -0.1) is 11.3 Å². The zero-order valence-corrected chi connectivity index (χ0v) is 15.0. The van der Waals surface area contributed by atoms with Crippen molar-refractivity contribution in [2.24, 2.45) is 0 Å². The lowest BCUT2D eigenvalue weighted by atomic mass is 10.1. The molecular weight excluding hydrogens is 405 g/mol. The molecule has 1 atom stereocenters. The lowest BCUT2D eigenvalue weighted by Crippen LogP contribution is -2.36. The molecule has 0 N–H and O–H groups in total. The number of carbonyl (C=O) groups excluding carboxylic acids is 1. The number of carbonyl (C=O) groups is 1. The molecule has 2 nitrogen and oxygen atoms in total. The topological polar surface area (TPSA) is 20.3 Å². The first-order valence-corrected chi connectivity index (χ1v) is 8.57. The number of benzene rings is 1. The molecular formula is C15H15ClINOS. The highest BCUT2D eigenvalue weighted by Gasteiger charge is 2.18. The number of rotatable bonds is 4. The van der Waals surface area contributed by atoms with E-state index < -0.39 is 0 Å². The van der Waals surface area contributed by atoms with Gasteiger partial charge in [0.1, 0.15) is 0 Å². The average Bonchev–Trinajstić information content (AvgIpc) is 2.93. The van der Waals surface area contributed by atoms with Crippen LogP contribution in [0.1, 0.15) is 22.2 Å². The summed E-state index contributed by atoms with van der Waals surface area (Å²) in [5.74, 6) is 0.00681. The van der Waals surface area contributed by atoms with Gasteiger partial charge < -0.3 is 4.90 Å². The first-order valence-electron chi connectivity index (χ1n) is 6.23. The van der Waals surface area contributed by atoms with Crippen molar-refractivity contribution in [1.82, 2.24) is 4.90 Å². The molecule has 0 fully saturated rings. The molecule has 106 valence electrons. The summed E-state index contributed by atoms with van der Waals surface area (Å²) in [6.07, 6.45) is 0.873. The van der Waals surface area contributed by atoms with Crippen LogP contribution in [0.2, 0.25) is 5.02 Å². The van der Waals surface area contributed by atoms with Crippen LogP contribution in [0.25, 0.3) is 0 Å². The first-order chi connectivity index (χ1) is 9.49. The fourth-order valence-electron chi connectivity index (χ4n) is 1.89. The number of halogens is 2.